The van der Waals surface area contributed by atoms with Crippen LogP contribution in [0.1, 0.15) is 98.3 Å². The van der Waals surface area contributed by atoms with Gasteiger partial charge in [0.15, 0.2) is 0 Å². The van der Waals surface area contributed by atoms with E-state index in [0.717, 1.165) is 56.8 Å². The van der Waals surface area contributed by atoms with Gasteiger partial charge in [0.1, 0.15) is 5.78 Å². The van der Waals surface area contributed by atoms with Crippen LogP contribution in [0.25, 0.3) is 0 Å². The van der Waals surface area contributed by atoms with E-state index in [0.29, 0.717) is 34.4 Å². The molecule has 8 atom stereocenters. The van der Waals surface area contributed by atoms with Crippen molar-refractivity contribution in [3.05, 3.63) is 11.6 Å². The molecule has 0 saturated heterocycles. The highest BCUT2D eigenvalue weighted by Gasteiger charge is 2.58. The number of carbonyl (C=O) groups is 2. The van der Waals surface area contributed by atoms with Crippen molar-refractivity contribution >= 4 is 11.8 Å². The molecule has 0 radical (unpaired) electrons. The third-order valence-electron chi connectivity index (χ3n) is 10.4. The van der Waals surface area contributed by atoms with Crippen LogP contribution in [0, 0.1) is 46.3 Å². The Balaban J connectivity index is 1.46. The van der Waals surface area contributed by atoms with E-state index in [1.807, 2.05) is 6.92 Å². The van der Waals surface area contributed by atoms with Gasteiger partial charge in [-0.1, -0.05) is 52.2 Å². The molecule has 4 unspecified atom stereocenters. The van der Waals surface area contributed by atoms with E-state index >= 15 is 0 Å². The molecule has 4 aliphatic carbocycles. The van der Waals surface area contributed by atoms with Gasteiger partial charge in [0.2, 0.25) is 0 Å². The Kier molecular flexibility index (Phi) is 5.96. The number of hydrogen-bond donors (Lipinski definition) is 1. The zero-order chi connectivity index (χ0) is 21.7. The smallest absolute Gasteiger partial charge is 0.306 e. The van der Waals surface area contributed by atoms with E-state index in [-0.39, 0.29) is 5.92 Å². The molecule has 3 heteroatoms. The number of ketones is 1. The van der Waals surface area contributed by atoms with Crippen molar-refractivity contribution in [2.45, 2.75) is 98.3 Å². The fraction of sp³-hybridized carbons (Fsp3) is 0.852. The summed E-state index contributed by atoms with van der Waals surface area (Å²) in [5.74, 6) is 3.06. The van der Waals surface area contributed by atoms with Gasteiger partial charge in [0.25, 0.3) is 0 Å². The first-order valence-electron chi connectivity index (χ1n) is 12.6. The minimum Gasteiger partial charge on any atom is -0.481 e. The number of carboxylic acid groups (broad SMARTS) is 1. The van der Waals surface area contributed by atoms with Crippen LogP contribution in [-0.4, -0.2) is 16.9 Å². The first-order chi connectivity index (χ1) is 14.2. The Morgan fingerprint density at radius 3 is 2.57 bits per heavy atom. The summed E-state index contributed by atoms with van der Waals surface area (Å²) in [5.41, 5.74) is 2.52. The summed E-state index contributed by atoms with van der Waals surface area (Å²) < 4.78 is 0. The lowest BCUT2D eigenvalue weighted by molar-refractivity contribution is -0.141. The highest BCUT2D eigenvalue weighted by molar-refractivity contribution is 5.79. The second-order valence-corrected chi connectivity index (χ2v) is 11.9. The molecule has 0 amide bonds. The molecule has 0 aromatic rings. The molecule has 0 heterocycles. The van der Waals surface area contributed by atoms with Gasteiger partial charge in [-0.05, 0) is 85.4 Å². The Hall–Kier alpha value is -1.12. The van der Waals surface area contributed by atoms with Gasteiger partial charge in [0.05, 0.1) is 5.92 Å². The van der Waals surface area contributed by atoms with Crippen molar-refractivity contribution in [1.29, 1.82) is 0 Å². The SMILES string of the molecule is CC(CCC[C@@H](C)C(=O)O)[C@H]1CCC2C3=CCC4CC(=O)CC[C@]4(C)C3CC[C@@]21C. The summed E-state index contributed by atoms with van der Waals surface area (Å²) in [5, 5.41) is 9.16. The summed E-state index contributed by atoms with van der Waals surface area (Å²) in [6.45, 7) is 9.34. The number of hydrogen-bond acceptors (Lipinski definition) is 2. The van der Waals surface area contributed by atoms with Gasteiger partial charge in [0, 0.05) is 12.8 Å². The summed E-state index contributed by atoms with van der Waals surface area (Å²) in [7, 11) is 0. The first-order valence-corrected chi connectivity index (χ1v) is 12.6. The van der Waals surface area contributed by atoms with E-state index in [1.165, 1.54) is 25.7 Å². The van der Waals surface area contributed by atoms with Crippen molar-refractivity contribution in [2.24, 2.45) is 46.3 Å². The Bertz CT molecular complexity index is 724. The average Bonchev–Trinajstić information content (AvgIpc) is 3.05. The van der Waals surface area contributed by atoms with Crippen LogP contribution in [0.15, 0.2) is 11.6 Å². The molecule has 4 rings (SSSR count). The molecule has 0 aliphatic heterocycles. The van der Waals surface area contributed by atoms with E-state index in [2.05, 4.69) is 26.8 Å². The molecule has 30 heavy (non-hydrogen) atoms. The minimum absolute atomic E-state index is 0.219. The standard InChI is InChI=1S/C27H42O3/c1-17(6-5-7-18(2)25(29)30)22-10-11-23-21-9-8-19-16-20(28)12-14-26(19,3)24(21)13-15-27(22,23)4/h9,17-19,22-24H,5-8,10-16H2,1-4H3,(H,29,30)/t17?,18-,19?,22-,23?,24?,26+,27-/m1/s1. The van der Waals surface area contributed by atoms with Crippen molar-refractivity contribution in [2.75, 3.05) is 0 Å². The van der Waals surface area contributed by atoms with Crippen molar-refractivity contribution < 1.29 is 14.7 Å². The number of carboxylic acids is 1. The zero-order valence-electron chi connectivity index (χ0n) is 19.6. The lowest BCUT2D eigenvalue weighted by Crippen LogP contribution is -2.49. The number of Topliss-reactive ketones (excluding diaryl/α,β-unsaturated/α-hetero) is 1. The summed E-state index contributed by atoms with van der Waals surface area (Å²) in [6, 6.07) is 0. The predicted octanol–water partition coefficient (Wildman–Crippen LogP) is 6.66. The molecule has 0 aromatic carbocycles. The van der Waals surface area contributed by atoms with Crippen LogP contribution in [0.4, 0.5) is 0 Å². The molecule has 3 nitrogen and oxygen atoms in total. The Morgan fingerprint density at radius 2 is 1.83 bits per heavy atom. The largest absolute Gasteiger partial charge is 0.481 e. The fourth-order valence-electron chi connectivity index (χ4n) is 8.35. The summed E-state index contributed by atoms with van der Waals surface area (Å²) >= 11 is 0. The maximum atomic E-state index is 12.1. The Morgan fingerprint density at radius 1 is 1.10 bits per heavy atom. The third kappa shape index (κ3) is 3.58. The van der Waals surface area contributed by atoms with E-state index in [1.54, 1.807) is 5.57 Å². The lowest BCUT2D eigenvalue weighted by atomic mass is 9.47. The van der Waals surface area contributed by atoms with Gasteiger partial charge in [-0.3, -0.25) is 9.59 Å². The summed E-state index contributed by atoms with van der Waals surface area (Å²) in [4.78, 5) is 23.2. The van der Waals surface area contributed by atoms with Crippen LogP contribution >= 0.6 is 0 Å². The number of rotatable bonds is 6. The monoisotopic (exact) mass is 414 g/mol. The molecule has 0 spiro atoms. The van der Waals surface area contributed by atoms with E-state index in [9.17, 15) is 9.59 Å². The van der Waals surface area contributed by atoms with Crippen LogP contribution in [0.5, 0.6) is 0 Å². The van der Waals surface area contributed by atoms with Gasteiger partial charge in [-0.15, -0.1) is 0 Å². The van der Waals surface area contributed by atoms with E-state index < -0.39 is 5.97 Å². The highest BCUT2D eigenvalue weighted by Crippen LogP contribution is 2.66. The van der Waals surface area contributed by atoms with Crippen molar-refractivity contribution in [3.8, 4) is 0 Å². The van der Waals surface area contributed by atoms with E-state index in [4.69, 9.17) is 5.11 Å². The molecule has 0 bridgehead atoms. The second-order valence-electron chi connectivity index (χ2n) is 11.9. The lowest BCUT2D eigenvalue weighted by Gasteiger charge is -2.57. The fourth-order valence-corrected chi connectivity index (χ4v) is 8.35. The van der Waals surface area contributed by atoms with Gasteiger partial charge in [-0.25, -0.2) is 0 Å². The molecular formula is C27H42O3. The molecule has 0 aromatic heterocycles. The maximum absolute atomic E-state index is 12.1. The number of aliphatic carboxylic acids is 1. The Labute approximate surface area is 183 Å². The van der Waals surface area contributed by atoms with Crippen molar-refractivity contribution in [1.82, 2.24) is 0 Å². The zero-order valence-corrected chi connectivity index (χ0v) is 19.6. The van der Waals surface area contributed by atoms with Gasteiger partial charge < -0.3 is 5.11 Å². The average molecular weight is 415 g/mol. The van der Waals surface area contributed by atoms with Gasteiger partial charge in [-0.2, -0.15) is 0 Å². The quantitative estimate of drug-likeness (QED) is 0.494. The van der Waals surface area contributed by atoms with Crippen LogP contribution in [-0.2, 0) is 9.59 Å². The normalized spacial score (nSPS) is 42.5. The number of fused-ring (bicyclic) bond motifs is 5. The predicted molar refractivity (Wildman–Crippen MR) is 120 cm³/mol. The topological polar surface area (TPSA) is 54.4 Å². The molecular weight excluding hydrogens is 372 g/mol. The van der Waals surface area contributed by atoms with Crippen LogP contribution < -0.4 is 0 Å². The van der Waals surface area contributed by atoms with Crippen molar-refractivity contribution in [3.63, 3.8) is 0 Å². The first kappa shape index (κ1) is 22.1. The number of carbonyl (C=O) groups excluding carboxylic acids is 1. The molecule has 1 N–H and O–H groups in total. The molecule has 3 fully saturated rings. The van der Waals surface area contributed by atoms with Crippen LogP contribution in [0.3, 0.4) is 0 Å². The molecule has 168 valence electrons. The van der Waals surface area contributed by atoms with Crippen LogP contribution in [0.2, 0.25) is 0 Å². The molecule has 4 aliphatic rings. The maximum Gasteiger partial charge on any atom is 0.306 e. The third-order valence-corrected chi connectivity index (χ3v) is 10.4. The summed E-state index contributed by atoms with van der Waals surface area (Å²) in [6.07, 6.45) is 14.7. The second kappa shape index (κ2) is 8.10. The minimum atomic E-state index is -0.658. The number of allylic oxidation sites excluding steroid dienone is 2. The highest BCUT2D eigenvalue weighted by atomic mass is 16.4. The molecule has 3 saturated carbocycles. The van der Waals surface area contributed by atoms with Gasteiger partial charge >= 0.3 is 5.97 Å².